The van der Waals surface area contributed by atoms with Gasteiger partial charge in [0.05, 0.1) is 11.4 Å². The van der Waals surface area contributed by atoms with Gasteiger partial charge in [-0.3, -0.25) is 4.79 Å². The standard InChI is InChI=1S/C23H24FN3O2/c1-17-20(25-23(29-17)18-7-3-2-4-8-18)11-12-22(28)27-15-13-26(14-16-27)21-10-6-5-9-19(21)24/h2-10H,11-16H2,1H3. The summed E-state index contributed by atoms with van der Waals surface area (Å²) in [4.78, 5) is 21.1. The first kappa shape index (κ1) is 19.2. The summed E-state index contributed by atoms with van der Waals surface area (Å²) in [6.07, 6.45) is 0.940. The van der Waals surface area contributed by atoms with Crippen LogP contribution >= 0.6 is 0 Å². The molecule has 6 heteroatoms. The fourth-order valence-corrected chi connectivity index (χ4v) is 3.65. The maximum Gasteiger partial charge on any atom is 0.226 e. The first-order valence-corrected chi connectivity index (χ1v) is 9.91. The number of halogens is 1. The highest BCUT2D eigenvalue weighted by atomic mass is 19.1. The van der Waals surface area contributed by atoms with Crippen LogP contribution in [0.25, 0.3) is 11.5 Å². The van der Waals surface area contributed by atoms with Crippen LogP contribution in [-0.2, 0) is 11.2 Å². The number of piperazine rings is 1. The van der Waals surface area contributed by atoms with E-state index in [0.717, 1.165) is 17.0 Å². The quantitative estimate of drug-likeness (QED) is 0.656. The zero-order chi connectivity index (χ0) is 20.2. The van der Waals surface area contributed by atoms with E-state index in [0.29, 0.717) is 50.6 Å². The zero-order valence-corrected chi connectivity index (χ0v) is 16.5. The average molecular weight is 393 g/mol. The number of carbonyl (C=O) groups excluding carboxylic acids is 1. The van der Waals surface area contributed by atoms with Crippen LogP contribution in [0.1, 0.15) is 17.9 Å². The molecule has 5 nitrogen and oxygen atoms in total. The summed E-state index contributed by atoms with van der Waals surface area (Å²) in [5.74, 6) is 1.22. The molecule has 1 aliphatic rings. The minimum absolute atomic E-state index is 0.0989. The highest BCUT2D eigenvalue weighted by molar-refractivity contribution is 5.76. The van der Waals surface area contributed by atoms with Crippen LogP contribution in [0.3, 0.4) is 0 Å². The third-order valence-electron chi connectivity index (χ3n) is 5.31. The van der Waals surface area contributed by atoms with Crippen LogP contribution in [0, 0.1) is 12.7 Å². The Labute approximate surface area is 169 Å². The summed E-state index contributed by atoms with van der Waals surface area (Å²) in [5, 5.41) is 0. The van der Waals surface area contributed by atoms with Crippen molar-refractivity contribution in [2.45, 2.75) is 19.8 Å². The average Bonchev–Trinajstić information content (AvgIpc) is 3.14. The van der Waals surface area contributed by atoms with Crippen LogP contribution in [-0.4, -0.2) is 42.0 Å². The van der Waals surface area contributed by atoms with Gasteiger partial charge in [0.25, 0.3) is 0 Å². The van der Waals surface area contributed by atoms with E-state index in [-0.39, 0.29) is 11.7 Å². The summed E-state index contributed by atoms with van der Waals surface area (Å²) in [6, 6.07) is 16.5. The van der Waals surface area contributed by atoms with Crippen molar-refractivity contribution in [3.05, 3.63) is 71.9 Å². The molecule has 0 atom stereocenters. The summed E-state index contributed by atoms with van der Waals surface area (Å²) >= 11 is 0. The molecular weight excluding hydrogens is 369 g/mol. The van der Waals surface area contributed by atoms with Crippen molar-refractivity contribution < 1.29 is 13.6 Å². The highest BCUT2D eigenvalue weighted by Crippen LogP contribution is 2.23. The molecule has 29 heavy (non-hydrogen) atoms. The molecule has 0 spiro atoms. The first-order valence-electron chi connectivity index (χ1n) is 9.91. The van der Waals surface area contributed by atoms with Crippen molar-refractivity contribution in [2.75, 3.05) is 31.1 Å². The van der Waals surface area contributed by atoms with Crippen molar-refractivity contribution in [1.29, 1.82) is 0 Å². The number of benzene rings is 2. The number of rotatable bonds is 5. The molecule has 1 aliphatic heterocycles. The number of para-hydroxylation sites is 1. The Kier molecular flexibility index (Phi) is 5.60. The van der Waals surface area contributed by atoms with Gasteiger partial charge in [0.1, 0.15) is 11.6 Å². The monoisotopic (exact) mass is 393 g/mol. The van der Waals surface area contributed by atoms with Crippen molar-refractivity contribution >= 4 is 11.6 Å². The molecule has 0 bridgehead atoms. The van der Waals surface area contributed by atoms with E-state index in [2.05, 4.69) is 4.98 Å². The predicted molar refractivity (Wildman–Crippen MR) is 110 cm³/mol. The largest absolute Gasteiger partial charge is 0.441 e. The lowest BCUT2D eigenvalue weighted by molar-refractivity contribution is -0.131. The minimum atomic E-state index is -0.219. The fourth-order valence-electron chi connectivity index (χ4n) is 3.65. The Bertz CT molecular complexity index is 979. The number of carbonyl (C=O) groups is 1. The topological polar surface area (TPSA) is 49.6 Å². The van der Waals surface area contributed by atoms with Crippen LogP contribution in [0.15, 0.2) is 59.0 Å². The Morgan fingerprint density at radius 3 is 2.45 bits per heavy atom. The van der Waals surface area contributed by atoms with Crippen molar-refractivity contribution in [2.24, 2.45) is 0 Å². The van der Waals surface area contributed by atoms with Gasteiger partial charge in [0.2, 0.25) is 11.8 Å². The van der Waals surface area contributed by atoms with Crippen LogP contribution in [0.5, 0.6) is 0 Å². The molecule has 0 N–H and O–H groups in total. The van der Waals surface area contributed by atoms with Crippen molar-refractivity contribution in [3.8, 4) is 11.5 Å². The maximum atomic E-state index is 14.0. The molecule has 2 heterocycles. The number of oxazole rings is 1. The lowest BCUT2D eigenvalue weighted by atomic mass is 10.1. The smallest absolute Gasteiger partial charge is 0.226 e. The Hall–Kier alpha value is -3.15. The van der Waals surface area contributed by atoms with Gasteiger partial charge < -0.3 is 14.2 Å². The summed E-state index contributed by atoms with van der Waals surface area (Å²) < 4.78 is 19.7. The predicted octanol–water partition coefficient (Wildman–Crippen LogP) is 4.07. The number of amides is 1. The number of hydrogen-bond acceptors (Lipinski definition) is 4. The third-order valence-corrected chi connectivity index (χ3v) is 5.31. The van der Waals surface area contributed by atoms with Gasteiger partial charge in [-0.25, -0.2) is 9.37 Å². The van der Waals surface area contributed by atoms with Gasteiger partial charge in [-0.05, 0) is 31.2 Å². The third kappa shape index (κ3) is 4.31. The van der Waals surface area contributed by atoms with Gasteiger partial charge in [0, 0.05) is 44.6 Å². The van der Waals surface area contributed by atoms with E-state index in [1.165, 1.54) is 6.07 Å². The molecule has 3 aromatic rings. The van der Waals surface area contributed by atoms with Gasteiger partial charge in [0.15, 0.2) is 0 Å². The van der Waals surface area contributed by atoms with Gasteiger partial charge >= 0.3 is 0 Å². The fraction of sp³-hybridized carbons (Fsp3) is 0.304. The SMILES string of the molecule is Cc1oc(-c2ccccc2)nc1CCC(=O)N1CCN(c2ccccc2F)CC1. The molecule has 150 valence electrons. The lowest BCUT2D eigenvalue weighted by Crippen LogP contribution is -2.49. The number of aromatic nitrogens is 1. The Morgan fingerprint density at radius 1 is 1.03 bits per heavy atom. The molecule has 0 saturated carbocycles. The normalized spacial score (nSPS) is 14.3. The van der Waals surface area contributed by atoms with Crippen LogP contribution < -0.4 is 4.90 Å². The molecule has 0 unspecified atom stereocenters. The molecule has 1 aromatic heterocycles. The first-order chi connectivity index (χ1) is 14.1. The molecule has 1 saturated heterocycles. The van der Waals surface area contributed by atoms with E-state index in [4.69, 9.17) is 4.42 Å². The number of aryl methyl sites for hydroxylation is 2. The van der Waals surface area contributed by atoms with Gasteiger partial charge in [-0.15, -0.1) is 0 Å². The molecule has 1 fully saturated rings. The second kappa shape index (κ2) is 8.47. The maximum absolute atomic E-state index is 14.0. The second-order valence-corrected chi connectivity index (χ2v) is 7.21. The molecular formula is C23H24FN3O2. The summed E-state index contributed by atoms with van der Waals surface area (Å²) in [5.41, 5.74) is 2.35. The Balaban J connectivity index is 1.32. The molecule has 0 aliphatic carbocycles. The van der Waals surface area contributed by atoms with Crippen molar-refractivity contribution in [1.82, 2.24) is 9.88 Å². The molecule has 4 rings (SSSR count). The number of hydrogen-bond donors (Lipinski definition) is 0. The van der Waals surface area contributed by atoms with Crippen molar-refractivity contribution in [3.63, 3.8) is 0 Å². The summed E-state index contributed by atoms with van der Waals surface area (Å²) in [6.45, 7) is 4.34. The van der Waals surface area contributed by atoms with E-state index in [1.807, 2.05) is 53.1 Å². The van der Waals surface area contributed by atoms with Gasteiger partial charge in [-0.1, -0.05) is 30.3 Å². The summed E-state index contributed by atoms with van der Waals surface area (Å²) in [7, 11) is 0. The van der Waals surface area contributed by atoms with Crippen LogP contribution in [0.2, 0.25) is 0 Å². The van der Waals surface area contributed by atoms with Crippen LogP contribution in [0.4, 0.5) is 10.1 Å². The van der Waals surface area contributed by atoms with E-state index in [1.54, 1.807) is 12.1 Å². The van der Waals surface area contributed by atoms with E-state index < -0.39 is 0 Å². The molecule has 2 aromatic carbocycles. The number of nitrogens with zero attached hydrogens (tertiary/aromatic N) is 3. The number of anilines is 1. The lowest BCUT2D eigenvalue weighted by Gasteiger charge is -2.36. The minimum Gasteiger partial charge on any atom is -0.441 e. The van der Waals surface area contributed by atoms with E-state index in [9.17, 15) is 9.18 Å². The zero-order valence-electron chi connectivity index (χ0n) is 16.5. The molecule has 1 amide bonds. The second-order valence-electron chi connectivity index (χ2n) is 7.21. The van der Waals surface area contributed by atoms with Gasteiger partial charge in [-0.2, -0.15) is 0 Å². The highest BCUT2D eigenvalue weighted by Gasteiger charge is 2.23. The molecule has 0 radical (unpaired) electrons. The van der Waals surface area contributed by atoms with E-state index >= 15 is 0 Å². The Morgan fingerprint density at radius 2 is 1.72 bits per heavy atom.